The fourth-order valence-corrected chi connectivity index (χ4v) is 1.57. The SMILES string of the molecule is B[C@H](COC(=O)NC)CC1=CCCC=C1. The van der Waals surface area contributed by atoms with Crippen LogP contribution in [-0.4, -0.2) is 27.6 Å². The molecule has 0 aliphatic heterocycles. The molecule has 1 atom stereocenters. The smallest absolute Gasteiger partial charge is 0.406 e. The number of carbonyl (C=O) groups excluding carboxylic acids is 1. The van der Waals surface area contributed by atoms with Crippen molar-refractivity contribution in [1.29, 1.82) is 0 Å². The molecule has 0 spiro atoms. The van der Waals surface area contributed by atoms with Crippen LogP contribution in [0.3, 0.4) is 0 Å². The third-order valence-corrected chi connectivity index (χ3v) is 2.36. The van der Waals surface area contributed by atoms with Crippen LogP contribution in [0.25, 0.3) is 0 Å². The summed E-state index contributed by atoms with van der Waals surface area (Å²) in [6.07, 6.45) is 9.53. The molecule has 0 saturated carbocycles. The van der Waals surface area contributed by atoms with Crippen molar-refractivity contribution in [1.82, 2.24) is 5.32 Å². The van der Waals surface area contributed by atoms with Gasteiger partial charge in [0.25, 0.3) is 0 Å². The van der Waals surface area contributed by atoms with Crippen molar-refractivity contribution in [3.63, 3.8) is 0 Å². The first-order chi connectivity index (χ1) is 7.22. The first-order valence-corrected chi connectivity index (χ1v) is 5.42. The Hall–Kier alpha value is -1.19. The number of alkyl carbamates (subject to hydrolysis) is 1. The fourth-order valence-electron chi connectivity index (χ4n) is 1.57. The average molecular weight is 207 g/mol. The molecule has 0 aromatic carbocycles. The molecule has 0 saturated heterocycles. The maximum Gasteiger partial charge on any atom is 0.406 e. The molecule has 82 valence electrons. The number of carbonyl (C=O) groups is 1. The Morgan fingerprint density at radius 3 is 3.07 bits per heavy atom. The minimum absolute atomic E-state index is 0.352. The highest BCUT2D eigenvalue weighted by Crippen LogP contribution is 2.19. The van der Waals surface area contributed by atoms with E-state index in [1.54, 1.807) is 7.05 Å². The maximum absolute atomic E-state index is 10.8. The Morgan fingerprint density at radius 1 is 1.67 bits per heavy atom. The highest BCUT2D eigenvalue weighted by molar-refractivity contribution is 6.12. The first-order valence-electron chi connectivity index (χ1n) is 5.42. The number of hydrogen-bond donors (Lipinski definition) is 1. The highest BCUT2D eigenvalue weighted by Gasteiger charge is 2.08. The predicted molar refractivity (Wildman–Crippen MR) is 63.8 cm³/mol. The molecule has 1 rings (SSSR count). The molecule has 0 aromatic rings. The van der Waals surface area contributed by atoms with Gasteiger partial charge in [-0.3, -0.25) is 0 Å². The van der Waals surface area contributed by atoms with E-state index in [0.29, 0.717) is 12.4 Å². The van der Waals surface area contributed by atoms with Gasteiger partial charge in [0.2, 0.25) is 0 Å². The van der Waals surface area contributed by atoms with Crippen LogP contribution in [-0.2, 0) is 4.74 Å². The van der Waals surface area contributed by atoms with Gasteiger partial charge in [0.1, 0.15) is 7.85 Å². The summed E-state index contributed by atoms with van der Waals surface area (Å²) in [6, 6.07) is 0. The Morgan fingerprint density at radius 2 is 2.47 bits per heavy atom. The summed E-state index contributed by atoms with van der Waals surface area (Å²) >= 11 is 0. The highest BCUT2D eigenvalue weighted by atomic mass is 16.5. The lowest BCUT2D eigenvalue weighted by Gasteiger charge is -2.14. The first kappa shape index (κ1) is 11.9. The zero-order valence-corrected chi connectivity index (χ0v) is 9.45. The number of hydrogen-bond acceptors (Lipinski definition) is 2. The lowest BCUT2D eigenvalue weighted by atomic mass is 9.81. The van der Waals surface area contributed by atoms with E-state index in [9.17, 15) is 4.79 Å². The lowest BCUT2D eigenvalue weighted by Crippen LogP contribution is -2.21. The fraction of sp³-hybridized carbons (Fsp3) is 0.545. The quantitative estimate of drug-likeness (QED) is 0.708. The second kappa shape index (κ2) is 6.33. The molecule has 3 nitrogen and oxygen atoms in total. The molecule has 1 aliphatic carbocycles. The Kier molecular flexibility index (Phi) is 5.01. The van der Waals surface area contributed by atoms with Crippen molar-refractivity contribution in [3.8, 4) is 0 Å². The minimum Gasteiger partial charge on any atom is -0.450 e. The Balaban J connectivity index is 2.23. The van der Waals surface area contributed by atoms with Crippen LogP contribution < -0.4 is 5.32 Å². The largest absolute Gasteiger partial charge is 0.450 e. The van der Waals surface area contributed by atoms with E-state index in [1.807, 2.05) is 0 Å². The second-order valence-corrected chi connectivity index (χ2v) is 3.92. The van der Waals surface area contributed by atoms with Crippen LogP contribution in [0.5, 0.6) is 0 Å². The molecule has 0 bridgehead atoms. The standard InChI is InChI=1S/C11H18BNO2/c1-13-11(14)15-8-10(12)7-9-5-3-2-4-6-9/h3,5-6,10H,2,4,7-8,12H2,1H3,(H,13,14)/t10-/m0/s1. The summed E-state index contributed by atoms with van der Waals surface area (Å²) in [7, 11) is 3.66. The molecular formula is C11H18BNO2. The van der Waals surface area contributed by atoms with Gasteiger partial charge in [-0.1, -0.05) is 23.8 Å². The third kappa shape index (κ3) is 4.72. The van der Waals surface area contributed by atoms with Crippen molar-refractivity contribution >= 4 is 13.9 Å². The number of nitrogens with one attached hydrogen (secondary N) is 1. The van der Waals surface area contributed by atoms with Gasteiger partial charge >= 0.3 is 6.09 Å². The lowest BCUT2D eigenvalue weighted by molar-refractivity contribution is 0.147. The van der Waals surface area contributed by atoms with Crippen molar-refractivity contribution in [2.45, 2.75) is 25.1 Å². The van der Waals surface area contributed by atoms with Gasteiger partial charge < -0.3 is 10.1 Å². The molecule has 0 fully saturated rings. The third-order valence-electron chi connectivity index (χ3n) is 2.36. The molecule has 4 heteroatoms. The van der Waals surface area contributed by atoms with Crippen molar-refractivity contribution < 1.29 is 9.53 Å². The van der Waals surface area contributed by atoms with Crippen LogP contribution in [0.4, 0.5) is 4.79 Å². The van der Waals surface area contributed by atoms with Crippen molar-refractivity contribution in [2.24, 2.45) is 0 Å². The molecule has 15 heavy (non-hydrogen) atoms. The van der Waals surface area contributed by atoms with Gasteiger partial charge in [-0.15, -0.1) is 0 Å². The van der Waals surface area contributed by atoms with Gasteiger partial charge in [0.15, 0.2) is 0 Å². The molecule has 0 unspecified atom stereocenters. The maximum atomic E-state index is 10.8. The number of amides is 1. The van der Waals surface area contributed by atoms with E-state index in [1.165, 1.54) is 5.57 Å². The summed E-state index contributed by atoms with van der Waals surface area (Å²) in [4.78, 5) is 10.8. The molecule has 1 N–H and O–H groups in total. The molecule has 0 aromatic heterocycles. The van der Waals surface area contributed by atoms with Crippen LogP contribution in [0.2, 0.25) is 5.82 Å². The number of allylic oxidation sites excluding steroid dienone is 4. The van der Waals surface area contributed by atoms with Crippen LogP contribution in [0, 0.1) is 0 Å². The zero-order chi connectivity index (χ0) is 11.1. The second-order valence-electron chi connectivity index (χ2n) is 3.92. The van der Waals surface area contributed by atoms with Gasteiger partial charge in [0, 0.05) is 7.05 Å². The van der Waals surface area contributed by atoms with E-state index in [0.717, 1.165) is 19.3 Å². The Labute approximate surface area is 92.0 Å². The van der Waals surface area contributed by atoms with Gasteiger partial charge in [-0.25, -0.2) is 4.79 Å². The van der Waals surface area contributed by atoms with E-state index >= 15 is 0 Å². The van der Waals surface area contributed by atoms with Gasteiger partial charge in [-0.2, -0.15) is 0 Å². The van der Waals surface area contributed by atoms with Crippen molar-refractivity contribution in [2.75, 3.05) is 13.7 Å². The molecule has 0 heterocycles. The topological polar surface area (TPSA) is 38.3 Å². The number of ether oxygens (including phenoxy) is 1. The van der Waals surface area contributed by atoms with E-state index in [2.05, 4.69) is 31.4 Å². The molecular weight excluding hydrogens is 189 g/mol. The van der Waals surface area contributed by atoms with Gasteiger partial charge in [0.05, 0.1) is 6.61 Å². The van der Waals surface area contributed by atoms with Crippen molar-refractivity contribution in [3.05, 3.63) is 23.8 Å². The summed E-state index contributed by atoms with van der Waals surface area (Å²) < 4.78 is 4.99. The van der Waals surface area contributed by atoms with E-state index in [-0.39, 0.29) is 6.09 Å². The average Bonchev–Trinajstić information content (AvgIpc) is 2.27. The van der Waals surface area contributed by atoms with Crippen LogP contribution in [0.15, 0.2) is 23.8 Å². The molecule has 1 aliphatic rings. The normalized spacial score (nSPS) is 16.7. The number of rotatable bonds is 4. The molecule has 1 amide bonds. The zero-order valence-electron chi connectivity index (χ0n) is 9.45. The minimum atomic E-state index is -0.352. The summed E-state index contributed by atoms with van der Waals surface area (Å²) in [6.45, 7) is 0.477. The summed E-state index contributed by atoms with van der Waals surface area (Å²) in [5, 5.41) is 2.43. The summed E-state index contributed by atoms with van der Waals surface area (Å²) in [5.74, 6) is 0.372. The Bertz CT molecular complexity index is 274. The molecule has 0 radical (unpaired) electrons. The van der Waals surface area contributed by atoms with E-state index in [4.69, 9.17) is 4.74 Å². The van der Waals surface area contributed by atoms with Crippen LogP contribution in [0.1, 0.15) is 19.3 Å². The van der Waals surface area contributed by atoms with E-state index < -0.39 is 0 Å². The van der Waals surface area contributed by atoms with Crippen LogP contribution >= 0.6 is 0 Å². The van der Waals surface area contributed by atoms with Gasteiger partial charge in [-0.05, 0) is 25.1 Å². The monoisotopic (exact) mass is 207 g/mol. The predicted octanol–water partition coefficient (Wildman–Crippen LogP) is 1.43. The summed E-state index contributed by atoms with van der Waals surface area (Å²) in [5.41, 5.74) is 1.36.